The molecule has 1 unspecified atom stereocenters. The van der Waals surface area contributed by atoms with E-state index >= 15 is 0 Å². The third-order valence-corrected chi connectivity index (χ3v) is 2.56. The Kier molecular flexibility index (Phi) is 2.39. The number of ether oxygens (including phenoxy) is 1. The molecule has 74 valence electrons. The highest BCUT2D eigenvalue weighted by atomic mass is 16.5. The van der Waals surface area contributed by atoms with E-state index in [1.54, 1.807) is 7.11 Å². The number of amidine groups is 1. The fourth-order valence-corrected chi connectivity index (χ4v) is 1.71. The average molecular weight is 190 g/mol. The van der Waals surface area contributed by atoms with Gasteiger partial charge in [0.1, 0.15) is 5.75 Å². The van der Waals surface area contributed by atoms with Gasteiger partial charge in [0, 0.05) is 18.9 Å². The van der Waals surface area contributed by atoms with Gasteiger partial charge in [-0.15, -0.1) is 0 Å². The fraction of sp³-hybridized carbons (Fsp3) is 0.364. The van der Waals surface area contributed by atoms with Gasteiger partial charge in [-0.3, -0.25) is 4.99 Å². The molecule has 0 amide bonds. The van der Waals surface area contributed by atoms with E-state index in [2.05, 4.69) is 17.1 Å². The molecule has 3 nitrogen and oxygen atoms in total. The Morgan fingerprint density at radius 2 is 2.07 bits per heavy atom. The van der Waals surface area contributed by atoms with Crippen LogP contribution in [0.2, 0.25) is 0 Å². The third-order valence-electron chi connectivity index (χ3n) is 2.56. The maximum Gasteiger partial charge on any atom is 0.118 e. The Labute approximate surface area is 83.6 Å². The number of benzene rings is 1. The third kappa shape index (κ3) is 1.71. The van der Waals surface area contributed by atoms with Crippen LogP contribution in [-0.4, -0.2) is 19.5 Å². The van der Waals surface area contributed by atoms with Crippen molar-refractivity contribution in [1.29, 1.82) is 0 Å². The van der Waals surface area contributed by atoms with Crippen LogP contribution >= 0.6 is 0 Å². The summed E-state index contributed by atoms with van der Waals surface area (Å²) in [6, 6.07) is 8.11. The lowest BCUT2D eigenvalue weighted by atomic mass is 9.97. The number of nitrogens with zero attached hydrogens (tertiary/aromatic N) is 1. The van der Waals surface area contributed by atoms with E-state index in [0.29, 0.717) is 5.92 Å². The summed E-state index contributed by atoms with van der Waals surface area (Å²) in [5, 5.41) is 0. The Balaban J connectivity index is 2.11. The maximum atomic E-state index is 5.64. The number of hydrogen-bond donors (Lipinski definition) is 1. The molecule has 0 saturated carbocycles. The minimum absolute atomic E-state index is 0.459. The topological polar surface area (TPSA) is 47.6 Å². The molecule has 1 aliphatic heterocycles. The van der Waals surface area contributed by atoms with Gasteiger partial charge in [0.15, 0.2) is 0 Å². The highest BCUT2D eigenvalue weighted by Gasteiger charge is 2.18. The average Bonchev–Trinajstić information content (AvgIpc) is 2.65. The molecule has 14 heavy (non-hydrogen) atoms. The van der Waals surface area contributed by atoms with E-state index in [1.807, 2.05) is 12.1 Å². The van der Waals surface area contributed by atoms with Crippen molar-refractivity contribution in [2.24, 2.45) is 10.7 Å². The van der Waals surface area contributed by atoms with Crippen molar-refractivity contribution in [2.45, 2.75) is 12.3 Å². The minimum atomic E-state index is 0.459. The zero-order valence-corrected chi connectivity index (χ0v) is 8.23. The molecule has 1 aliphatic rings. The lowest BCUT2D eigenvalue weighted by Gasteiger charge is -2.08. The van der Waals surface area contributed by atoms with Crippen molar-refractivity contribution in [1.82, 2.24) is 0 Å². The molecule has 0 fully saturated rings. The number of aliphatic imine (C=N–C) groups is 1. The summed E-state index contributed by atoms with van der Waals surface area (Å²) in [7, 11) is 1.67. The molecule has 0 radical (unpaired) electrons. The van der Waals surface area contributed by atoms with Gasteiger partial charge in [-0.2, -0.15) is 0 Å². The van der Waals surface area contributed by atoms with Gasteiger partial charge in [0.25, 0.3) is 0 Å². The molecule has 0 saturated heterocycles. The van der Waals surface area contributed by atoms with Gasteiger partial charge in [-0.1, -0.05) is 12.1 Å². The lowest BCUT2D eigenvalue weighted by molar-refractivity contribution is 0.414. The Morgan fingerprint density at radius 3 is 2.57 bits per heavy atom. The van der Waals surface area contributed by atoms with Crippen molar-refractivity contribution in [2.75, 3.05) is 13.7 Å². The summed E-state index contributed by atoms with van der Waals surface area (Å²) in [6.45, 7) is 0.818. The largest absolute Gasteiger partial charge is 0.497 e. The molecule has 1 heterocycles. The number of rotatable bonds is 2. The van der Waals surface area contributed by atoms with Crippen LogP contribution in [0.25, 0.3) is 0 Å². The summed E-state index contributed by atoms with van der Waals surface area (Å²) >= 11 is 0. The van der Waals surface area contributed by atoms with Crippen molar-refractivity contribution in [3.05, 3.63) is 29.8 Å². The van der Waals surface area contributed by atoms with Crippen LogP contribution in [-0.2, 0) is 0 Å². The molecule has 1 aromatic carbocycles. The highest BCUT2D eigenvalue weighted by molar-refractivity contribution is 5.83. The van der Waals surface area contributed by atoms with E-state index in [1.165, 1.54) is 5.56 Å². The zero-order chi connectivity index (χ0) is 9.97. The van der Waals surface area contributed by atoms with Crippen molar-refractivity contribution >= 4 is 5.84 Å². The van der Waals surface area contributed by atoms with Gasteiger partial charge in [0.05, 0.1) is 12.9 Å². The minimum Gasteiger partial charge on any atom is -0.497 e. The van der Waals surface area contributed by atoms with Crippen molar-refractivity contribution in [3.63, 3.8) is 0 Å². The molecule has 0 bridgehead atoms. The van der Waals surface area contributed by atoms with E-state index < -0.39 is 0 Å². The Hall–Kier alpha value is -1.51. The zero-order valence-electron chi connectivity index (χ0n) is 8.23. The van der Waals surface area contributed by atoms with Crippen LogP contribution in [0.3, 0.4) is 0 Å². The summed E-state index contributed by atoms with van der Waals surface area (Å²) in [4.78, 5) is 4.20. The van der Waals surface area contributed by atoms with E-state index in [0.717, 1.165) is 24.6 Å². The molecule has 1 atom stereocenters. The van der Waals surface area contributed by atoms with Crippen LogP contribution in [0.1, 0.15) is 17.9 Å². The van der Waals surface area contributed by atoms with Gasteiger partial charge >= 0.3 is 0 Å². The first-order valence-corrected chi connectivity index (χ1v) is 4.72. The van der Waals surface area contributed by atoms with E-state index in [4.69, 9.17) is 10.5 Å². The first-order chi connectivity index (χ1) is 6.79. The number of nitrogens with two attached hydrogens (primary N) is 1. The fourth-order valence-electron chi connectivity index (χ4n) is 1.71. The molecule has 0 spiro atoms. The molecule has 3 heteroatoms. The van der Waals surface area contributed by atoms with Crippen LogP contribution in [0.15, 0.2) is 29.3 Å². The first kappa shape index (κ1) is 9.06. The number of hydrogen-bond acceptors (Lipinski definition) is 3. The van der Waals surface area contributed by atoms with Crippen LogP contribution < -0.4 is 10.5 Å². The Bertz CT molecular complexity index is 343. The molecule has 2 rings (SSSR count). The highest BCUT2D eigenvalue weighted by Crippen LogP contribution is 2.25. The van der Waals surface area contributed by atoms with Crippen LogP contribution in [0.5, 0.6) is 5.75 Å². The van der Waals surface area contributed by atoms with E-state index in [9.17, 15) is 0 Å². The van der Waals surface area contributed by atoms with E-state index in [-0.39, 0.29) is 0 Å². The monoisotopic (exact) mass is 190 g/mol. The van der Waals surface area contributed by atoms with Crippen LogP contribution in [0.4, 0.5) is 0 Å². The Morgan fingerprint density at radius 1 is 1.36 bits per heavy atom. The second-order valence-electron chi connectivity index (χ2n) is 3.51. The quantitative estimate of drug-likeness (QED) is 0.769. The summed E-state index contributed by atoms with van der Waals surface area (Å²) in [6.07, 6.45) is 0.881. The second-order valence-corrected chi connectivity index (χ2v) is 3.51. The number of methoxy groups -OCH3 is 1. The summed E-state index contributed by atoms with van der Waals surface area (Å²) in [5.41, 5.74) is 6.93. The molecular formula is C11H14N2O. The van der Waals surface area contributed by atoms with Gasteiger partial charge in [0.2, 0.25) is 0 Å². The SMILES string of the molecule is COc1ccc(C2CN=C(N)C2)cc1. The normalized spacial score (nSPS) is 20.6. The standard InChI is InChI=1S/C11H14N2O/c1-14-10-4-2-8(3-5-10)9-6-11(12)13-7-9/h2-5,9H,6-7H2,1H3,(H2,12,13). The summed E-state index contributed by atoms with van der Waals surface area (Å²) < 4.78 is 5.10. The molecule has 0 aliphatic carbocycles. The van der Waals surface area contributed by atoms with Crippen molar-refractivity contribution < 1.29 is 4.74 Å². The molecule has 0 aromatic heterocycles. The molecular weight excluding hydrogens is 176 g/mol. The maximum absolute atomic E-state index is 5.64. The predicted octanol–water partition coefficient (Wildman–Crippen LogP) is 1.54. The summed E-state index contributed by atoms with van der Waals surface area (Å²) in [5.74, 6) is 2.12. The van der Waals surface area contributed by atoms with Crippen molar-refractivity contribution in [3.8, 4) is 5.75 Å². The smallest absolute Gasteiger partial charge is 0.118 e. The lowest BCUT2D eigenvalue weighted by Crippen LogP contribution is -2.09. The van der Waals surface area contributed by atoms with Gasteiger partial charge < -0.3 is 10.5 Å². The van der Waals surface area contributed by atoms with Gasteiger partial charge in [-0.05, 0) is 17.7 Å². The predicted molar refractivity (Wildman–Crippen MR) is 56.8 cm³/mol. The molecule has 2 N–H and O–H groups in total. The molecule has 1 aromatic rings. The van der Waals surface area contributed by atoms with Gasteiger partial charge in [-0.25, -0.2) is 0 Å². The van der Waals surface area contributed by atoms with Crippen LogP contribution in [0, 0.1) is 0 Å². The first-order valence-electron chi connectivity index (χ1n) is 4.72. The second kappa shape index (κ2) is 3.70.